The lowest BCUT2D eigenvalue weighted by molar-refractivity contribution is 0.106. The van der Waals surface area contributed by atoms with E-state index in [1.165, 1.54) is 0 Å². The normalized spacial score (nSPS) is 12.7. The third-order valence-electron chi connectivity index (χ3n) is 5.16. The molecule has 3 aromatic carbocycles. The highest BCUT2D eigenvalue weighted by molar-refractivity contribution is 5.65. The Balaban J connectivity index is 1.45. The number of aliphatic hydroxyl groups excluding tert-OH is 1. The predicted octanol–water partition coefficient (Wildman–Crippen LogP) is 6.22. The summed E-state index contributed by atoms with van der Waals surface area (Å²) in [7, 11) is 0. The van der Waals surface area contributed by atoms with Crippen LogP contribution in [-0.2, 0) is 6.61 Å². The minimum Gasteiger partial charge on any atom is -0.489 e. The fraction of sp³-hybridized carbons (Fsp3) is 0.179. The van der Waals surface area contributed by atoms with Crippen LogP contribution >= 0.6 is 0 Å². The molecule has 0 saturated heterocycles. The van der Waals surface area contributed by atoms with E-state index in [1.54, 1.807) is 19.3 Å². The monoisotopic (exact) mass is 425 g/mol. The highest BCUT2D eigenvalue weighted by Crippen LogP contribution is 2.29. The maximum Gasteiger partial charge on any atom is 0.128 e. The molecule has 162 valence electrons. The molecule has 2 unspecified atom stereocenters. The van der Waals surface area contributed by atoms with Gasteiger partial charge >= 0.3 is 0 Å². The first-order chi connectivity index (χ1) is 15.7. The summed E-state index contributed by atoms with van der Waals surface area (Å²) in [4.78, 5) is 4.18. The Hall–Kier alpha value is -3.63. The van der Waals surface area contributed by atoms with Crippen LogP contribution in [0.4, 0.5) is 0 Å². The van der Waals surface area contributed by atoms with Gasteiger partial charge in [-0.1, -0.05) is 60.7 Å². The van der Waals surface area contributed by atoms with Gasteiger partial charge in [0.1, 0.15) is 24.2 Å². The largest absolute Gasteiger partial charge is 0.489 e. The van der Waals surface area contributed by atoms with E-state index in [0.717, 1.165) is 33.8 Å². The molecular formula is C28H27NO3. The number of hydrogen-bond acceptors (Lipinski definition) is 4. The van der Waals surface area contributed by atoms with Crippen molar-refractivity contribution in [3.63, 3.8) is 0 Å². The summed E-state index contributed by atoms with van der Waals surface area (Å²) >= 11 is 0. The van der Waals surface area contributed by atoms with Crippen LogP contribution in [0, 0.1) is 0 Å². The second-order valence-corrected chi connectivity index (χ2v) is 7.80. The minimum atomic E-state index is -0.474. The Morgan fingerprint density at radius 3 is 2.34 bits per heavy atom. The molecule has 0 saturated carbocycles. The zero-order valence-electron chi connectivity index (χ0n) is 18.1. The number of hydrogen-bond donors (Lipinski definition) is 1. The molecule has 0 aliphatic carbocycles. The van der Waals surface area contributed by atoms with Crippen LogP contribution in [0.2, 0.25) is 0 Å². The van der Waals surface area contributed by atoms with Crippen LogP contribution in [0.5, 0.6) is 11.5 Å². The van der Waals surface area contributed by atoms with Crippen LogP contribution in [0.15, 0.2) is 103 Å². The molecule has 4 nitrogen and oxygen atoms in total. The van der Waals surface area contributed by atoms with Crippen LogP contribution in [0.3, 0.4) is 0 Å². The van der Waals surface area contributed by atoms with Crippen LogP contribution < -0.4 is 9.47 Å². The fourth-order valence-electron chi connectivity index (χ4n) is 3.53. The average Bonchev–Trinajstić information content (AvgIpc) is 2.84. The SMILES string of the molecule is CC(O)CC(Oc1ccc(-c2cccc(OCc3ccccc3)c2)cc1)c1cccnc1. The molecule has 0 aliphatic rings. The average molecular weight is 426 g/mol. The number of rotatable bonds is 9. The molecule has 0 spiro atoms. The van der Waals surface area contributed by atoms with Gasteiger partial charge in [-0.2, -0.15) is 0 Å². The number of aliphatic hydroxyl groups is 1. The highest BCUT2D eigenvalue weighted by Gasteiger charge is 2.16. The summed E-state index contributed by atoms with van der Waals surface area (Å²) in [5.74, 6) is 1.58. The van der Waals surface area contributed by atoms with Gasteiger partial charge in [0.15, 0.2) is 0 Å². The first-order valence-electron chi connectivity index (χ1n) is 10.8. The van der Waals surface area contributed by atoms with Crippen molar-refractivity contribution in [1.82, 2.24) is 4.98 Å². The molecule has 4 heteroatoms. The number of benzene rings is 3. The Morgan fingerprint density at radius 1 is 0.812 bits per heavy atom. The van der Waals surface area contributed by atoms with Crippen molar-refractivity contribution in [3.05, 3.63) is 115 Å². The predicted molar refractivity (Wildman–Crippen MR) is 127 cm³/mol. The lowest BCUT2D eigenvalue weighted by atomic mass is 10.0. The first kappa shape index (κ1) is 21.6. The molecule has 1 N–H and O–H groups in total. The minimum absolute atomic E-state index is 0.260. The van der Waals surface area contributed by atoms with Gasteiger partial charge in [-0.25, -0.2) is 0 Å². The lowest BCUT2D eigenvalue weighted by Gasteiger charge is -2.21. The topological polar surface area (TPSA) is 51.6 Å². The third kappa shape index (κ3) is 5.96. The second-order valence-electron chi connectivity index (χ2n) is 7.80. The van der Waals surface area contributed by atoms with E-state index in [1.807, 2.05) is 72.8 Å². The van der Waals surface area contributed by atoms with Crippen LogP contribution in [0.1, 0.15) is 30.6 Å². The fourth-order valence-corrected chi connectivity index (χ4v) is 3.53. The van der Waals surface area contributed by atoms with E-state index in [9.17, 15) is 5.11 Å². The van der Waals surface area contributed by atoms with Gasteiger partial charge in [0, 0.05) is 24.4 Å². The molecular weight excluding hydrogens is 398 g/mol. The van der Waals surface area contributed by atoms with Gasteiger partial charge in [-0.3, -0.25) is 4.98 Å². The van der Waals surface area contributed by atoms with Gasteiger partial charge in [0.25, 0.3) is 0 Å². The molecule has 0 bridgehead atoms. The lowest BCUT2D eigenvalue weighted by Crippen LogP contribution is -2.14. The number of nitrogens with zero attached hydrogens (tertiary/aromatic N) is 1. The van der Waals surface area contributed by atoms with E-state index in [0.29, 0.717) is 13.0 Å². The second kappa shape index (κ2) is 10.6. The van der Waals surface area contributed by atoms with Crippen LogP contribution in [-0.4, -0.2) is 16.2 Å². The van der Waals surface area contributed by atoms with E-state index in [2.05, 4.69) is 23.2 Å². The molecule has 1 heterocycles. The van der Waals surface area contributed by atoms with Gasteiger partial charge < -0.3 is 14.6 Å². The Labute approximate surface area is 189 Å². The molecule has 0 aliphatic heterocycles. The zero-order valence-corrected chi connectivity index (χ0v) is 18.1. The van der Waals surface area contributed by atoms with E-state index >= 15 is 0 Å². The molecule has 1 aromatic heterocycles. The van der Waals surface area contributed by atoms with Crippen molar-refractivity contribution in [3.8, 4) is 22.6 Å². The van der Waals surface area contributed by atoms with Crippen molar-refractivity contribution in [2.45, 2.75) is 32.2 Å². The molecule has 0 amide bonds. The van der Waals surface area contributed by atoms with Crippen molar-refractivity contribution >= 4 is 0 Å². The maximum atomic E-state index is 9.89. The van der Waals surface area contributed by atoms with Gasteiger partial charge in [0.05, 0.1) is 6.10 Å². The van der Waals surface area contributed by atoms with Crippen molar-refractivity contribution in [1.29, 1.82) is 0 Å². The number of aromatic nitrogens is 1. The molecule has 2 atom stereocenters. The third-order valence-corrected chi connectivity index (χ3v) is 5.16. The maximum absolute atomic E-state index is 9.89. The Bertz CT molecular complexity index is 1100. The first-order valence-corrected chi connectivity index (χ1v) is 10.8. The molecule has 4 rings (SSSR count). The standard InChI is InChI=1S/C28H27NO3/c1-21(30)17-28(25-10-6-16-29-19-25)32-26-14-12-23(13-15-26)24-9-5-11-27(18-24)31-20-22-7-3-2-4-8-22/h2-16,18-19,21,28,30H,17,20H2,1H3. The summed E-state index contributed by atoms with van der Waals surface area (Å²) in [5, 5.41) is 9.89. The molecule has 32 heavy (non-hydrogen) atoms. The quantitative estimate of drug-likeness (QED) is 0.346. The Kier molecular flexibility index (Phi) is 7.15. The van der Waals surface area contributed by atoms with Gasteiger partial charge in [0.2, 0.25) is 0 Å². The van der Waals surface area contributed by atoms with E-state index < -0.39 is 6.10 Å². The molecule has 0 radical (unpaired) electrons. The van der Waals surface area contributed by atoms with Crippen molar-refractivity contribution in [2.24, 2.45) is 0 Å². The van der Waals surface area contributed by atoms with Crippen molar-refractivity contribution < 1.29 is 14.6 Å². The van der Waals surface area contributed by atoms with E-state index in [-0.39, 0.29) is 6.10 Å². The summed E-state index contributed by atoms with van der Waals surface area (Å²) in [6, 6.07) is 30.1. The van der Waals surface area contributed by atoms with Gasteiger partial charge in [-0.05, 0) is 53.9 Å². The number of pyridine rings is 1. The smallest absolute Gasteiger partial charge is 0.128 e. The summed E-state index contributed by atoms with van der Waals surface area (Å²) < 4.78 is 12.2. The summed E-state index contributed by atoms with van der Waals surface area (Å²) in [5.41, 5.74) is 4.24. The Morgan fingerprint density at radius 2 is 1.62 bits per heavy atom. The molecule has 4 aromatic rings. The summed E-state index contributed by atoms with van der Waals surface area (Å²) in [6.45, 7) is 2.30. The molecule has 0 fully saturated rings. The zero-order chi connectivity index (χ0) is 22.2. The number of ether oxygens (including phenoxy) is 2. The van der Waals surface area contributed by atoms with Gasteiger partial charge in [-0.15, -0.1) is 0 Å². The highest BCUT2D eigenvalue weighted by atomic mass is 16.5. The van der Waals surface area contributed by atoms with Crippen molar-refractivity contribution in [2.75, 3.05) is 0 Å². The van der Waals surface area contributed by atoms with Crippen LogP contribution in [0.25, 0.3) is 11.1 Å². The van der Waals surface area contributed by atoms with E-state index in [4.69, 9.17) is 9.47 Å². The summed E-state index contributed by atoms with van der Waals surface area (Å²) in [6.07, 6.45) is 3.27.